The van der Waals surface area contributed by atoms with Gasteiger partial charge in [0.15, 0.2) is 6.29 Å². The lowest BCUT2D eigenvalue weighted by molar-refractivity contribution is 0.112. The molecule has 0 atom stereocenters. The molecular formula is C16H15ClO2. The Kier molecular flexibility index (Phi) is 3.91. The molecule has 0 aliphatic heterocycles. The van der Waals surface area contributed by atoms with E-state index in [2.05, 4.69) is 6.07 Å². The first-order chi connectivity index (χ1) is 9.04. The van der Waals surface area contributed by atoms with Gasteiger partial charge in [0.2, 0.25) is 0 Å². The van der Waals surface area contributed by atoms with Gasteiger partial charge >= 0.3 is 0 Å². The molecule has 0 fully saturated rings. The van der Waals surface area contributed by atoms with Crippen molar-refractivity contribution in [2.45, 2.75) is 20.8 Å². The summed E-state index contributed by atoms with van der Waals surface area (Å²) in [5.41, 5.74) is 3.62. The minimum absolute atomic E-state index is 0.379. The van der Waals surface area contributed by atoms with E-state index in [-0.39, 0.29) is 0 Å². The van der Waals surface area contributed by atoms with E-state index < -0.39 is 0 Å². The largest absolute Gasteiger partial charge is 0.456 e. The lowest BCUT2D eigenvalue weighted by Gasteiger charge is -2.15. The van der Waals surface area contributed by atoms with E-state index in [1.54, 1.807) is 18.2 Å². The normalized spacial score (nSPS) is 10.3. The van der Waals surface area contributed by atoms with Crippen LogP contribution in [0.2, 0.25) is 5.02 Å². The van der Waals surface area contributed by atoms with Crippen LogP contribution in [-0.4, -0.2) is 6.29 Å². The maximum Gasteiger partial charge on any atom is 0.155 e. The molecule has 2 rings (SSSR count). The molecule has 0 aromatic heterocycles. The molecule has 0 amide bonds. The molecule has 0 aliphatic carbocycles. The van der Waals surface area contributed by atoms with Crippen molar-refractivity contribution in [2.75, 3.05) is 0 Å². The molecule has 0 spiro atoms. The summed E-state index contributed by atoms with van der Waals surface area (Å²) < 4.78 is 5.91. The first kappa shape index (κ1) is 13.6. The Hall–Kier alpha value is -1.80. The van der Waals surface area contributed by atoms with Gasteiger partial charge in [-0.1, -0.05) is 29.8 Å². The van der Waals surface area contributed by atoms with Gasteiger partial charge in [-0.05, 0) is 49.6 Å². The molecule has 0 bridgehead atoms. The van der Waals surface area contributed by atoms with Crippen LogP contribution in [-0.2, 0) is 0 Å². The Morgan fingerprint density at radius 3 is 2.42 bits per heavy atom. The highest BCUT2D eigenvalue weighted by Gasteiger charge is 2.12. The second kappa shape index (κ2) is 5.45. The summed E-state index contributed by atoms with van der Waals surface area (Å²) in [6.45, 7) is 6.01. The van der Waals surface area contributed by atoms with Gasteiger partial charge in [0.05, 0.1) is 10.6 Å². The van der Waals surface area contributed by atoms with Crippen LogP contribution < -0.4 is 4.74 Å². The van der Waals surface area contributed by atoms with E-state index in [0.717, 1.165) is 28.7 Å². The lowest BCUT2D eigenvalue weighted by atomic mass is 10.1. The predicted molar refractivity (Wildman–Crippen MR) is 77.6 cm³/mol. The van der Waals surface area contributed by atoms with Crippen LogP contribution in [0.5, 0.6) is 11.5 Å². The second-order valence-electron chi connectivity index (χ2n) is 4.53. The summed E-state index contributed by atoms with van der Waals surface area (Å²) in [6.07, 6.45) is 0.720. The van der Waals surface area contributed by atoms with Gasteiger partial charge in [0, 0.05) is 0 Å². The third-order valence-corrected chi connectivity index (χ3v) is 3.55. The van der Waals surface area contributed by atoms with Gasteiger partial charge in [-0.3, -0.25) is 4.79 Å². The zero-order valence-corrected chi connectivity index (χ0v) is 11.9. The van der Waals surface area contributed by atoms with Gasteiger partial charge < -0.3 is 4.74 Å². The van der Waals surface area contributed by atoms with E-state index >= 15 is 0 Å². The molecule has 0 saturated heterocycles. The molecule has 0 heterocycles. The number of carbonyl (C=O) groups is 1. The average Bonchev–Trinajstić information content (AvgIpc) is 2.39. The molecular weight excluding hydrogens is 260 g/mol. The van der Waals surface area contributed by atoms with E-state index in [0.29, 0.717) is 16.3 Å². The Bertz CT molecular complexity index is 633. The maximum absolute atomic E-state index is 11.1. The molecule has 2 aromatic carbocycles. The van der Waals surface area contributed by atoms with Gasteiger partial charge in [-0.2, -0.15) is 0 Å². The van der Waals surface area contributed by atoms with E-state index in [1.165, 1.54) is 0 Å². The number of ether oxygens (including phenoxy) is 1. The van der Waals surface area contributed by atoms with E-state index in [4.69, 9.17) is 16.3 Å². The highest BCUT2D eigenvalue weighted by molar-refractivity contribution is 6.33. The molecule has 2 nitrogen and oxygen atoms in total. The Morgan fingerprint density at radius 1 is 1.05 bits per heavy atom. The van der Waals surface area contributed by atoms with Crippen molar-refractivity contribution in [3.8, 4) is 11.5 Å². The van der Waals surface area contributed by atoms with Gasteiger partial charge in [-0.15, -0.1) is 0 Å². The summed E-state index contributed by atoms with van der Waals surface area (Å²) >= 11 is 6.00. The van der Waals surface area contributed by atoms with Crippen molar-refractivity contribution < 1.29 is 9.53 Å². The number of carbonyl (C=O) groups excluding carboxylic acids is 1. The van der Waals surface area contributed by atoms with Crippen LogP contribution in [0.15, 0.2) is 30.3 Å². The van der Waals surface area contributed by atoms with Gasteiger partial charge in [0.25, 0.3) is 0 Å². The van der Waals surface area contributed by atoms with Crippen LogP contribution in [0.1, 0.15) is 27.0 Å². The Balaban J connectivity index is 2.51. The third-order valence-electron chi connectivity index (χ3n) is 3.22. The fraction of sp³-hybridized carbons (Fsp3) is 0.188. The monoisotopic (exact) mass is 274 g/mol. The first-order valence-corrected chi connectivity index (χ1v) is 6.40. The number of benzene rings is 2. The number of hydrogen-bond donors (Lipinski definition) is 0. The number of hydrogen-bond acceptors (Lipinski definition) is 2. The molecule has 0 unspecified atom stereocenters. The van der Waals surface area contributed by atoms with E-state index in [9.17, 15) is 4.79 Å². The summed E-state index contributed by atoms with van der Waals surface area (Å²) in [6, 6.07) is 9.25. The summed E-state index contributed by atoms with van der Waals surface area (Å²) in [5.74, 6) is 1.27. The molecule has 0 saturated carbocycles. The summed E-state index contributed by atoms with van der Waals surface area (Å²) in [5, 5.41) is 0.399. The fourth-order valence-electron chi connectivity index (χ4n) is 1.91. The molecule has 0 aliphatic rings. The minimum Gasteiger partial charge on any atom is -0.456 e. The van der Waals surface area contributed by atoms with Crippen LogP contribution in [0.25, 0.3) is 0 Å². The maximum atomic E-state index is 11.1. The van der Waals surface area contributed by atoms with Gasteiger partial charge in [0.1, 0.15) is 11.5 Å². The van der Waals surface area contributed by atoms with Gasteiger partial charge in [-0.25, -0.2) is 0 Å². The standard InChI is InChI=1S/C16H15ClO2/c1-10-7-8-11(2)16(12(10)3)19-15-6-4-5-14(17)13(15)9-18/h4-9H,1-3H3. The summed E-state index contributed by atoms with van der Waals surface area (Å²) in [4.78, 5) is 11.1. The molecule has 0 N–H and O–H groups in total. The zero-order valence-electron chi connectivity index (χ0n) is 11.2. The number of halogens is 1. The van der Waals surface area contributed by atoms with E-state index in [1.807, 2.05) is 26.8 Å². The quantitative estimate of drug-likeness (QED) is 0.747. The topological polar surface area (TPSA) is 26.3 Å². The smallest absolute Gasteiger partial charge is 0.155 e. The fourth-order valence-corrected chi connectivity index (χ4v) is 2.12. The van der Waals surface area contributed by atoms with Crippen LogP contribution in [0.4, 0.5) is 0 Å². The number of aryl methyl sites for hydroxylation is 2. The van der Waals surface area contributed by atoms with Crippen molar-refractivity contribution in [1.29, 1.82) is 0 Å². The molecule has 98 valence electrons. The van der Waals surface area contributed by atoms with Crippen molar-refractivity contribution in [3.63, 3.8) is 0 Å². The number of rotatable bonds is 3. The van der Waals surface area contributed by atoms with Crippen LogP contribution in [0.3, 0.4) is 0 Å². The number of aldehydes is 1. The second-order valence-corrected chi connectivity index (χ2v) is 4.93. The highest BCUT2D eigenvalue weighted by Crippen LogP contribution is 2.33. The third kappa shape index (κ3) is 2.64. The molecule has 3 heteroatoms. The van der Waals surface area contributed by atoms with Crippen molar-refractivity contribution in [2.24, 2.45) is 0 Å². The Labute approximate surface area is 118 Å². The van der Waals surface area contributed by atoms with Crippen molar-refractivity contribution in [3.05, 3.63) is 57.6 Å². The highest BCUT2D eigenvalue weighted by atomic mass is 35.5. The van der Waals surface area contributed by atoms with Crippen LogP contribution >= 0.6 is 11.6 Å². The Morgan fingerprint density at radius 2 is 1.74 bits per heavy atom. The molecule has 19 heavy (non-hydrogen) atoms. The predicted octanol–water partition coefficient (Wildman–Crippen LogP) is 4.87. The first-order valence-electron chi connectivity index (χ1n) is 6.03. The average molecular weight is 275 g/mol. The molecule has 2 aromatic rings. The van der Waals surface area contributed by atoms with Crippen molar-refractivity contribution in [1.82, 2.24) is 0 Å². The lowest BCUT2D eigenvalue weighted by Crippen LogP contribution is -1.96. The zero-order chi connectivity index (χ0) is 14.0. The van der Waals surface area contributed by atoms with Crippen LogP contribution in [0, 0.1) is 20.8 Å². The SMILES string of the molecule is Cc1ccc(C)c(Oc2cccc(Cl)c2C=O)c1C. The van der Waals surface area contributed by atoms with Crippen molar-refractivity contribution >= 4 is 17.9 Å². The minimum atomic E-state index is 0.379. The summed E-state index contributed by atoms with van der Waals surface area (Å²) in [7, 11) is 0. The molecule has 0 radical (unpaired) electrons.